The lowest BCUT2D eigenvalue weighted by molar-refractivity contribution is 0.0836. The highest BCUT2D eigenvalue weighted by Gasteiger charge is 2.31. The molecule has 0 fully saturated rings. The van der Waals surface area contributed by atoms with E-state index in [1.54, 1.807) is 0 Å². The molecule has 0 aromatic heterocycles. The van der Waals surface area contributed by atoms with Gasteiger partial charge in [0.2, 0.25) is 0 Å². The zero-order valence-corrected chi connectivity index (χ0v) is 21.9. The Morgan fingerprint density at radius 1 is 0.824 bits per heavy atom. The van der Waals surface area contributed by atoms with Crippen LogP contribution in [0.25, 0.3) is 6.08 Å². The molecular weight excluding hydrogens is 424 g/mol. The lowest BCUT2D eigenvalue weighted by Crippen LogP contribution is -2.26. The van der Waals surface area contributed by atoms with Gasteiger partial charge in [-0.15, -0.1) is 0 Å². The van der Waals surface area contributed by atoms with E-state index < -0.39 is 5.60 Å². The first-order valence-electron chi connectivity index (χ1n) is 12.7. The summed E-state index contributed by atoms with van der Waals surface area (Å²) in [5.74, 6) is 0.512. The molecule has 0 bridgehead atoms. The second-order valence-corrected chi connectivity index (χ2v) is 9.53. The SMILES string of the molecule is CCC(O)(C=Cc1ccc(C(CC)(CC)c2ccc(OCC(CO)CO)c(C)c2)cc1C)CC. The molecule has 4 heteroatoms. The topological polar surface area (TPSA) is 69.9 Å². The van der Waals surface area contributed by atoms with E-state index in [0.717, 1.165) is 29.7 Å². The molecular formula is C30H44O4. The first kappa shape index (κ1) is 28.1. The minimum absolute atomic E-state index is 0.0941. The van der Waals surface area contributed by atoms with Crippen molar-refractivity contribution >= 4 is 6.08 Å². The van der Waals surface area contributed by atoms with Gasteiger partial charge in [-0.1, -0.05) is 70.2 Å². The van der Waals surface area contributed by atoms with Gasteiger partial charge in [-0.2, -0.15) is 0 Å². The summed E-state index contributed by atoms with van der Waals surface area (Å²) >= 11 is 0. The van der Waals surface area contributed by atoms with Crippen molar-refractivity contribution in [2.24, 2.45) is 5.92 Å². The summed E-state index contributed by atoms with van der Waals surface area (Å²) in [6.45, 7) is 12.8. The molecule has 0 aliphatic rings. The second-order valence-electron chi connectivity index (χ2n) is 9.53. The number of hydrogen-bond donors (Lipinski definition) is 3. The van der Waals surface area contributed by atoms with E-state index in [0.29, 0.717) is 19.4 Å². The van der Waals surface area contributed by atoms with Crippen LogP contribution in [0.4, 0.5) is 0 Å². The maximum absolute atomic E-state index is 10.6. The van der Waals surface area contributed by atoms with Gasteiger partial charge < -0.3 is 20.1 Å². The maximum atomic E-state index is 10.6. The number of aliphatic hydroxyl groups is 3. The third kappa shape index (κ3) is 6.29. The summed E-state index contributed by atoms with van der Waals surface area (Å²) in [5.41, 5.74) is 5.07. The first-order chi connectivity index (χ1) is 16.2. The molecule has 34 heavy (non-hydrogen) atoms. The van der Waals surface area contributed by atoms with Crippen LogP contribution >= 0.6 is 0 Å². The highest BCUT2D eigenvalue weighted by molar-refractivity contribution is 5.57. The van der Waals surface area contributed by atoms with Gasteiger partial charge in [-0.3, -0.25) is 0 Å². The fraction of sp³-hybridized carbons (Fsp3) is 0.533. The molecule has 0 heterocycles. The molecule has 4 nitrogen and oxygen atoms in total. The average Bonchev–Trinajstić information content (AvgIpc) is 2.86. The summed E-state index contributed by atoms with van der Waals surface area (Å²) in [6, 6.07) is 13.0. The minimum Gasteiger partial charge on any atom is -0.493 e. The Morgan fingerprint density at radius 2 is 1.38 bits per heavy atom. The van der Waals surface area contributed by atoms with E-state index >= 15 is 0 Å². The largest absolute Gasteiger partial charge is 0.493 e. The van der Waals surface area contributed by atoms with Gasteiger partial charge in [-0.25, -0.2) is 0 Å². The Kier molecular flexibility index (Phi) is 10.4. The molecule has 2 aromatic carbocycles. The fourth-order valence-electron chi connectivity index (χ4n) is 4.60. The van der Waals surface area contributed by atoms with Gasteiger partial charge in [0.15, 0.2) is 0 Å². The molecule has 0 unspecified atom stereocenters. The molecule has 3 N–H and O–H groups in total. The van der Waals surface area contributed by atoms with Gasteiger partial charge >= 0.3 is 0 Å². The van der Waals surface area contributed by atoms with Gasteiger partial charge in [0.25, 0.3) is 0 Å². The Bertz CT molecular complexity index is 935. The van der Waals surface area contributed by atoms with Crippen molar-refractivity contribution in [3.8, 4) is 5.75 Å². The Hall–Kier alpha value is -2.14. The molecule has 2 rings (SSSR count). The Morgan fingerprint density at radius 3 is 1.85 bits per heavy atom. The predicted molar refractivity (Wildman–Crippen MR) is 141 cm³/mol. The van der Waals surface area contributed by atoms with Crippen molar-refractivity contribution in [2.45, 2.75) is 78.2 Å². The lowest BCUT2D eigenvalue weighted by Gasteiger charge is -2.34. The minimum atomic E-state index is -0.753. The number of hydrogen-bond acceptors (Lipinski definition) is 4. The van der Waals surface area contributed by atoms with Crippen molar-refractivity contribution in [3.05, 3.63) is 70.3 Å². The van der Waals surface area contributed by atoms with Crippen molar-refractivity contribution in [3.63, 3.8) is 0 Å². The summed E-state index contributed by atoms with van der Waals surface area (Å²) in [7, 11) is 0. The van der Waals surface area contributed by atoms with E-state index in [1.165, 1.54) is 16.7 Å². The number of benzene rings is 2. The Balaban J connectivity index is 2.38. The summed E-state index contributed by atoms with van der Waals surface area (Å²) in [5, 5.41) is 29.2. The van der Waals surface area contributed by atoms with E-state index in [-0.39, 0.29) is 24.5 Å². The molecule has 0 aliphatic heterocycles. The molecule has 0 saturated heterocycles. The third-order valence-electron chi connectivity index (χ3n) is 7.55. The molecule has 0 spiro atoms. The zero-order chi connectivity index (χ0) is 25.4. The number of aliphatic hydroxyl groups excluding tert-OH is 2. The standard InChI is InChI=1S/C30H44O4/c1-7-29(33,8-2)16-15-25-11-12-26(17-22(25)5)30(9-3,10-4)27-13-14-28(23(6)18-27)34-21-24(19-31)20-32/h11-18,24,31-33H,7-10,19-21H2,1-6H3. The normalized spacial score (nSPS) is 12.6. The van der Waals surface area contributed by atoms with Crippen molar-refractivity contribution in [1.82, 2.24) is 0 Å². The molecule has 0 amide bonds. The van der Waals surface area contributed by atoms with Crippen molar-refractivity contribution < 1.29 is 20.1 Å². The maximum Gasteiger partial charge on any atom is 0.122 e. The smallest absolute Gasteiger partial charge is 0.122 e. The van der Waals surface area contributed by atoms with Crippen LogP contribution in [0, 0.1) is 19.8 Å². The van der Waals surface area contributed by atoms with Crippen LogP contribution < -0.4 is 4.74 Å². The monoisotopic (exact) mass is 468 g/mol. The van der Waals surface area contributed by atoms with E-state index in [4.69, 9.17) is 4.74 Å². The number of ether oxygens (including phenoxy) is 1. The summed E-state index contributed by atoms with van der Waals surface area (Å²) in [6.07, 6.45) is 7.33. The lowest BCUT2D eigenvalue weighted by atomic mass is 9.70. The van der Waals surface area contributed by atoms with Crippen LogP contribution in [0.5, 0.6) is 5.75 Å². The van der Waals surface area contributed by atoms with Crippen LogP contribution in [-0.4, -0.2) is 40.7 Å². The van der Waals surface area contributed by atoms with Crippen LogP contribution in [0.15, 0.2) is 42.5 Å². The van der Waals surface area contributed by atoms with E-state index in [9.17, 15) is 15.3 Å². The van der Waals surface area contributed by atoms with Gasteiger partial charge in [0, 0.05) is 11.3 Å². The fourth-order valence-corrected chi connectivity index (χ4v) is 4.60. The van der Waals surface area contributed by atoms with Crippen molar-refractivity contribution in [1.29, 1.82) is 0 Å². The molecule has 0 radical (unpaired) electrons. The van der Waals surface area contributed by atoms with Crippen LogP contribution in [-0.2, 0) is 5.41 Å². The summed E-state index contributed by atoms with van der Waals surface area (Å²) < 4.78 is 5.88. The molecule has 0 saturated carbocycles. The first-order valence-corrected chi connectivity index (χ1v) is 12.7. The highest BCUT2D eigenvalue weighted by Crippen LogP contribution is 2.41. The molecule has 0 aliphatic carbocycles. The van der Waals surface area contributed by atoms with E-state index in [1.807, 2.05) is 39.0 Å². The molecule has 0 atom stereocenters. The third-order valence-corrected chi connectivity index (χ3v) is 7.55. The van der Waals surface area contributed by atoms with Gasteiger partial charge in [0.05, 0.1) is 25.4 Å². The van der Waals surface area contributed by atoms with Crippen LogP contribution in [0.3, 0.4) is 0 Å². The average molecular weight is 469 g/mol. The van der Waals surface area contributed by atoms with E-state index in [2.05, 4.69) is 51.1 Å². The number of aryl methyl sites for hydroxylation is 2. The van der Waals surface area contributed by atoms with Gasteiger partial charge in [-0.05, 0) is 73.4 Å². The predicted octanol–water partition coefficient (Wildman–Crippen LogP) is 5.95. The van der Waals surface area contributed by atoms with Gasteiger partial charge in [0.1, 0.15) is 5.75 Å². The quantitative estimate of drug-likeness (QED) is 0.340. The second kappa shape index (κ2) is 12.5. The molecule has 188 valence electrons. The zero-order valence-electron chi connectivity index (χ0n) is 21.9. The summed E-state index contributed by atoms with van der Waals surface area (Å²) in [4.78, 5) is 0. The highest BCUT2D eigenvalue weighted by atomic mass is 16.5. The Labute approximate surface area is 206 Å². The molecule has 2 aromatic rings. The number of rotatable bonds is 13. The van der Waals surface area contributed by atoms with Crippen LogP contribution in [0.2, 0.25) is 0 Å². The van der Waals surface area contributed by atoms with Crippen LogP contribution in [0.1, 0.15) is 81.2 Å². The van der Waals surface area contributed by atoms with Crippen molar-refractivity contribution in [2.75, 3.05) is 19.8 Å².